The third kappa shape index (κ3) is 4.74. The first kappa shape index (κ1) is 23.7. The van der Waals surface area contributed by atoms with Gasteiger partial charge < -0.3 is 9.64 Å². The minimum atomic E-state index is -0.240. The molecule has 4 heterocycles. The molecule has 1 aliphatic heterocycles. The number of hydrogen-bond acceptors (Lipinski definition) is 7. The van der Waals surface area contributed by atoms with Crippen LogP contribution in [0.3, 0.4) is 0 Å². The fourth-order valence-corrected chi connectivity index (χ4v) is 6.28. The molecular weight excluding hydrogens is 462 g/mol. The van der Waals surface area contributed by atoms with E-state index in [0.29, 0.717) is 26.1 Å². The van der Waals surface area contributed by atoms with E-state index in [1.165, 1.54) is 5.56 Å². The molecule has 1 aliphatic carbocycles. The first-order chi connectivity index (χ1) is 16.9. The summed E-state index contributed by atoms with van der Waals surface area (Å²) in [4.78, 5) is 36.3. The van der Waals surface area contributed by atoms with Crippen molar-refractivity contribution in [3.8, 4) is 21.8 Å². The summed E-state index contributed by atoms with van der Waals surface area (Å²) in [6, 6.07) is 4.29. The zero-order valence-corrected chi connectivity index (χ0v) is 21.4. The van der Waals surface area contributed by atoms with Crippen molar-refractivity contribution in [3.05, 3.63) is 40.3 Å². The van der Waals surface area contributed by atoms with Crippen LogP contribution in [0.25, 0.3) is 21.8 Å². The Labute approximate surface area is 209 Å². The number of nitrogens with zero attached hydrogens (tertiary/aromatic N) is 5. The Morgan fingerprint density at radius 2 is 2.00 bits per heavy atom. The maximum absolute atomic E-state index is 12.2. The number of fused-ring (bicyclic) bond motifs is 3. The van der Waals surface area contributed by atoms with Crippen LogP contribution in [-0.4, -0.2) is 56.2 Å². The molecule has 0 atom stereocenters. The smallest absolute Gasteiger partial charge is 0.409 e. The van der Waals surface area contributed by atoms with Crippen LogP contribution in [0.4, 0.5) is 4.79 Å². The Morgan fingerprint density at radius 3 is 2.69 bits per heavy atom. The summed E-state index contributed by atoms with van der Waals surface area (Å²) < 4.78 is 7.39. The van der Waals surface area contributed by atoms with Crippen LogP contribution >= 0.6 is 11.3 Å². The van der Waals surface area contributed by atoms with E-state index >= 15 is 0 Å². The fraction of sp³-hybridized carbons (Fsp3) is 0.500. The van der Waals surface area contributed by atoms with E-state index < -0.39 is 0 Å². The molecule has 5 rings (SSSR count). The molecule has 2 aliphatic rings. The van der Waals surface area contributed by atoms with Crippen molar-refractivity contribution in [3.63, 3.8) is 0 Å². The van der Waals surface area contributed by atoms with E-state index in [2.05, 4.69) is 15.7 Å². The number of Topliss-reactive ketones (excluding diaryl/α,β-unsaturated/α-hetero) is 1. The second-order valence-electron chi connectivity index (χ2n) is 9.34. The van der Waals surface area contributed by atoms with Gasteiger partial charge in [-0.2, -0.15) is 5.10 Å². The van der Waals surface area contributed by atoms with Crippen LogP contribution < -0.4 is 0 Å². The van der Waals surface area contributed by atoms with E-state index in [4.69, 9.17) is 14.8 Å². The summed E-state index contributed by atoms with van der Waals surface area (Å²) in [5.74, 6) is 0.125. The average molecular weight is 494 g/mol. The maximum Gasteiger partial charge on any atom is 0.409 e. The van der Waals surface area contributed by atoms with Gasteiger partial charge in [0.05, 0.1) is 41.0 Å². The Bertz CT molecular complexity index is 1240. The quantitative estimate of drug-likeness (QED) is 0.508. The minimum Gasteiger partial charge on any atom is -0.450 e. The molecule has 1 amide bonds. The van der Waals surface area contributed by atoms with Crippen LogP contribution in [0.5, 0.6) is 0 Å². The summed E-state index contributed by atoms with van der Waals surface area (Å²) >= 11 is 1.63. The van der Waals surface area contributed by atoms with E-state index in [1.807, 2.05) is 26.1 Å². The number of carbonyl (C=O) groups excluding carboxylic acids is 2. The van der Waals surface area contributed by atoms with Crippen LogP contribution in [0.2, 0.25) is 0 Å². The van der Waals surface area contributed by atoms with Crippen LogP contribution in [-0.2, 0) is 28.8 Å². The number of amides is 1. The number of aryl methyl sites for hydroxylation is 2. The lowest BCUT2D eigenvalue weighted by Gasteiger charge is -2.32. The number of ether oxygens (including phenoxy) is 1. The average Bonchev–Trinajstić information content (AvgIpc) is 3.36. The van der Waals surface area contributed by atoms with Gasteiger partial charge in [0.1, 0.15) is 10.8 Å². The molecule has 3 aromatic heterocycles. The number of ketones is 1. The number of piperidine rings is 1. The van der Waals surface area contributed by atoms with Gasteiger partial charge in [-0.15, -0.1) is 11.3 Å². The Balaban J connectivity index is 1.57. The van der Waals surface area contributed by atoms with E-state index in [0.717, 1.165) is 70.3 Å². The molecule has 0 spiro atoms. The first-order valence-corrected chi connectivity index (χ1v) is 13.2. The van der Waals surface area contributed by atoms with Crippen molar-refractivity contribution >= 4 is 23.2 Å². The normalized spacial score (nSPS) is 15.9. The topological polar surface area (TPSA) is 90.2 Å². The number of rotatable bonds is 5. The monoisotopic (exact) mass is 493 g/mol. The molecule has 0 bridgehead atoms. The van der Waals surface area contributed by atoms with Crippen LogP contribution in [0.1, 0.15) is 61.1 Å². The number of aromatic nitrogens is 4. The third-order valence-corrected chi connectivity index (χ3v) is 7.83. The summed E-state index contributed by atoms with van der Waals surface area (Å²) in [6.45, 7) is 7.10. The van der Waals surface area contributed by atoms with Gasteiger partial charge in [-0.3, -0.25) is 14.5 Å². The maximum atomic E-state index is 12.2. The van der Waals surface area contributed by atoms with Gasteiger partial charge in [0, 0.05) is 36.1 Å². The Kier molecular flexibility index (Phi) is 6.69. The molecule has 1 saturated heterocycles. The molecule has 0 unspecified atom stereocenters. The van der Waals surface area contributed by atoms with E-state index in [-0.39, 0.29) is 17.9 Å². The molecule has 9 heteroatoms. The zero-order valence-electron chi connectivity index (χ0n) is 20.5. The minimum absolute atomic E-state index is 0.125. The van der Waals surface area contributed by atoms with Crippen molar-refractivity contribution in [1.82, 2.24) is 24.6 Å². The predicted octanol–water partition coefficient (Wildman–Crippen LogP) is 4.79. The lowest BCUT2D eigenvalue weighted by Crippen LogP contribution is -2.39. The standard InChI is InChI=1S/C26H31N5O3S/c1-4-34-26(33)30-12-10-19(11-13-30)31-24-20(23(29-31)18-9-8-16(2)27-15-18)6-5-7-21-25(24)35-22(28-21)14-17(3)32/h8-9,15,19H,4-7,10-14H2,1-3H3. The van der Waals surface area contributed by atoms with Crippen molar-refractivity contribution in [2.75, 3.05) is 19.7 Å². The summed E-state index contributed by atoms with van der Waals surface area (Å²) in [5, 5.41) is 6.06. The third-order valence-electron chi connectivity index (χ3n) is 6.73. The molecule has 3 aromatic rings. The van der Waals surface area contributed by atoms with Crippen molar-refractivity contribution in [2.45, 2.75) is 65.3 Å². The lowest BCUT2D eigenvalue weighted by atomic mass is 10.0. The number of carbonyl (C=O) groups is 2. The van der Waals surface area contributed by atoms with Gasteiger partial charge in [-0.05, 0) is 65.0 Å². The molecule has 0 radical (unpaired) electrons. The van der Waals surface area contributed by atoms with Gasteiger partial charge in [0.15, 0.2) is 0 Å². The molecule has 35 heavy (non-hydrogen) atoms. The highest BCUT2D eigenvalue weighted by molar-refractivity contribution is 7.15. The highest BCUT2D eigenvalue weighted by atomic mass is 32.1. The van der Waals surface area contributed by atoms with Gasteiger partial charge in [-0.25, -0.2) is 9.78 Å². The fourth-order valence-electron chi connectivity index (χ4n) is 5.03. The molecule has 184 valence electrons. The highest BCUT2D eigenvalue weighted by Gasteiger charge is 2.32. The second kappa shape index (κ2) is 9.89. The van der Waals surface area contributed by atoms with Gasteiger partial charge >= 0.3 is 6.09 Å². The van der Waals surface area contributed by atoms with Crippen molar-refractivity contribution < 1.29 is 14.3 Å². The second-order valence-corrected chi connectivity index (χ2v) is 10.4. The lowest BCUT2D eigenvalue weighted by molar-refractivity contribution is -0.116. The van der Waals surface area contributed by atoms with Gasteiger partial charge in [0.25, 0.3) is 0 Å². The largest absolute Gasteiger partial charge is 0.450 e. The van der Waals surface area contributed by atoms with Gasteiger partial charge in [0.2, 0.25) is 0 Å². The zero-order chi connectivity index (χ0) is 24.5. The Hall–Kier alpha value is -3.07. The number of thiazole rings is 1. The van der Waals surface area contributed by atoms with Crippen LogP contribution in [0.15, 0.2) is 18.3 Å². The highest BCUT2D eigenvalue weighted by Crippen LogP contribution is 2.43. The number of hydrogen-bond donors (Lipinski definition) is 0. The molecule has 8 nitrogen and oxygen atoms in total. The molecule has 0 aromatic carbocycles. The van der Waals surface area contributed by atoms with Crippen LogP contribution in [0, 0.1) is 6.92 Å². The first-order valence-electron chi connectivity index (χ1n) is 12.4. The SMILES string of the molecule is CCOC(=O)N1CCC(n2nc(-c3ccc(C)nc3)c3c2-c2sc(CC(C)=O)nc2CCC3)CC1. The molecule has 0 saturated carbocycles. The summed E-state index contributed by atoms with van der Waals surface area (Å²) in [5.41, 5.74) is 6.42. The van der Waals surface area contributed by atoms with E-state index in [1.54, 1.807) is 23.2 Å². The predicted molar refractivity (Wildman–Crippen MR) is 135 cm³/mol. The molecule has 1 fully saturated rings. The van der Waals surface area contributed by atoms with Crippen molar-refractivity contribution in [2.24, 2.45) is 0 Å². The summed E-state index contributed by atoms with van der Waals surface area (Å²) in [6.07, 6.45) is 6.47. The molecular formula is C26H31N5O3S. The van der Waals surface area contributed by atoms with Crippen molar-refractivity contribution in [1.29, 1.82) is 0 Å². The Morgan fingerprint density at radius 1 is 1.20 bits per heavy atom. The summed E-state index contributed by atoms with van der Waals surface area (Å²) in [7, 11) is 0. The number of pyridine rings is 1. The van der Waals surface area contributed by atoms with E-state index in [9.17, 15) is 9.59 Å². The molecule has 0 N–H and O–H groups in total. The van der Waals surface area contributed by atoms with Gasteiger partial charge in [-0.1, -0.05) is 0 Å². The number of likely N-dealkylation sites (tertiary alicyclic amines) is 1.